The zero-order chi connectivity index (χ0) is 32.0. The monoisotopic (exact) mass is 641 g/mol. The lowest BCUT2D eigenvalue weighted by Crippen LogP contribution is -2.30. The summed E-state index contributed by atoms with van der Waals surface area (Å²) in [6, 6.07) is 13.7. The van der Waals surface area contributed by atoms with Crippen LogP contribution in [0.2, 0.25) is 5.02 Å². The second-order valence-electron chi connectivity index (χ2n) is 11.8. The quantitative estimate of drug-likeness (QED) is 0.120. The number of fused-ring (bicyclic) bond motifs is 4. The molecular weight excluding hydrogens is 610 g/mol. The number of aliphatic imine (C=N–C) groups is 1. The minimum Gasteiger partial charge on any atom is -0.459 e. The first-order chi connectivity index (χ1) is 21.4. The van der Waals surface area contributed by atoms with E-state index in [4.69, 9.17) is 21.3 Å². The minimum atomic E-state index is -0.848. The molecule has 2 aromatic heterocycles. The third-order valence-electron chi connectivity index (χ3n) is 8.05. The second kappa shape index (κ2) is 11.8. The van der Waals surface area contributed by atoms with E-state index in [-0.39, 0.29) is 24.8 Å². The Hall–Kier alpha value is -4.41. The van der Waals surface area contributed by atoms with Crippen molar-refractivity contribution in [2.24, 2.45) is 4.99 Å². The lowest BCUT2D eigenvalue weighted by molar-refractivity contribution is -0.156. The maximum absolute atomic E-state index is 13.4. The molecule has 0 spiro atoms. The number of esters is 1. The number of ether oxygens (including phenoxy) is 1. The average molecular weight is 642 g/mol. The molecule has 0 aliphatic carbocycles. The SMILES string of the molecule is Cc1sc2c(c1C)C(c1ccc(Cl)cc1)=N[C@@H](CC(=O)OC(C)(C)C/C=C\CN1C(=O)c3ccccc3C1=O)c1nnc(C)n1-2. The molecule has 2 aromatic carbocycles. The van der Waals surface area contributed by atoms with Gasteiger partial charge >= 0.3 is 5.97 Å². The third kappa shape index (κ3) is 5.76. The van der Waals surface area contributed by atoms with E-state index in [1.165, 1.54) is 4.90 Å². The van der Waals surface area contributed by atoms with Crippen LogP contribution in [0.1, 0.15) is 86.7 Å². The number of carbonyl (C=O) groups is 3. The largest absolute Gasteiger partial charge is 0.459 e. The second-order valence-corrected chi connectivity index (χ2v) is 13.4. The van der Waals surface area contributed by atoms with Crippen molar-refractivity contribution >= 4 is 46.4 Å². The van der Waals surface area contributed by atoms with Crippen LogP contribution in [-0.4, -0.2) is 55.3 Å². The van der Waals surface area contributed by atoms with E-state index < -0.39 is 17.6 Å². The van der Waals surface area contributed by atoms with Crippen molar-refractivity contribution in [3.8, 4) is 5.00 Å². The molecule has 0 unspecified atom stereocenters. The number of aromatic nitrogens is 3. The minimum absolute atomic E-state index is 0.0373. The third-order valence-corrected chi connectivity index (χ3v) is 9.49. The van der Waals surface area contributed by atoms with Gasteiger partial charge in [-0.05, 0) is 64.4 Å². The number of amides is 2. The Morgan fingerprint density at radius 1 is 1.00 bits per heavy atom. The van der Waals surface area contributed by atoms with Gasteiger partial charge in [0, 0.05) is 34.0 Å². The predicted octanol–water partition coefficient (Wildman–Crippen LogP) is 6.75. The Bertz CT molecular complexity index is 1870. The average Bonchev–Trinajstić information content (AvgIpc) is 3.57. The summed E-state index contributed by atoms with van der Waals surface area (Å²) in [5.41, 5.74) is 3.73. The number of hydrogen-bond acceptors (Lipinski definition) is 8. The van der Waals surface area contributed by atoms with Crippen molar-refractivity contribution in [3.63, 3.8) is 0 Å². The highest BCUT2D eigenvalue weighted by atomic mass is 35.5. The number of nitrogens with zero attached hydrogens (tertiary/aromatic N) is 5. The summed E-state index contributed by atoms with van der Waals surface area (Å²) in [5, 5.41) is 10.4. The highest BCUT2D eigenvalue weighted by molar-refractivity contribution is 7.15. The summed E-state index contributed by atoms with van der Waals surface area (Å²) in [5.74, 6) is 0.242. The smallest absolute Gasteiger partial charge is 0.308 e. The predicted molar refractivity (Wildman–Crippen MR) is 174 cm³/mol. The van der Waals surface area contributed by atoms with Crippen LogP contribution < -0.4 is 0 Å². The van der Waals surface area contributed by atoms with Crippen molar-refractivity contribution < 1.29 is 19.1 Å². The molecule has 4 heterocycles. The number of halogens is 1. The lowest BCUT2D eigenvalue weighted by atomic mass is 9.99. The number of carbonyl (C=O) groups excluding carboxylic acids is 3. The van der Waals surface area contributed by atoms with Gasteiger partial charge in [0.15, 0.2) is 5.82 Å². The summed E-state index contributed by atoms with van der Waals surface area (Å²) in [4.78, 5) is 46.2. The number of thiophene rings is 1. The first-order valence-electron chi connectivity index (χ1n) is 14.6. The molecular formula is C34H32ClN5O4S. The van der Waals surface area contributed by atoms with Gasteiger partial charge in [-0.3, -0.25) is 28.8 Å². The van der Waals surface area contributed by atoms with Crippen LogP contribution in [0.3, 0.4) is 0 Å². The van der Waals surface area contributed by atoms with Gasteiger partial charge in [-0.25, -0.2) is 0 Å². The molecule has 6 rings (SSSR count). The molecule has 2 amide bonds. The molecule has 2 aliphatic heterocycles. The number of hydrogen-bond donors (Lipinski definition) is 0. The number of rotatable bonds is 8. The number of benzene rings is 2. The van der Waals surface area contributed by atoms with E-state index in [0.717, 1.165) is 32.3 Å². The normalized spacial score (nSPS) is 16.0. The van der Waals surface area contributed by atoms with Crippen LogP contribution in [0.15, 0.2) is 65.7 Å². The first kappa shape index (κ1) is 30.6. The van der Waals surface area contributed by atoms with Crippen LogP contribution in [0, 0.1) is 20.8 Å². The molecule has 0 fully saturated rings. The molecule has 45 heavy (non-hydrogen) atoms. The topological polar surface area (TPSA) is 107 Å². The molecule has 1 atom stereocenters. The zero-order valence-electron chi connectivity index (χ0n) is 25.6. The summed E-state index contributed by atoms with van der Waals surface area (Å²) >= 11 is 7.85. The van der Waals surface area contributed by atoms with Gasteiger partial charge in [0.25, 0.3) is 11.8 Å². The van der Waals surface area contributed by atoms with Crippen molar-refractivity contribution in [1.82, 2.24) is 19.7 Å². The number of aryl methyl sites for hydroxylation is 2. The fraction of sp³-hybridized carbons (Fsp3) is 0.294. The maximum Gasteiger partial charge on any atom is 0.308 e. The van der Waals surface area contributed by atoms with Crippen molar-refractivity contribution in [2.45, 2.75) is 59.1 Å². The standard InChI is InChI=1S/C34H32ClN5O4S/c1-19-20(2)45-33-28(19)29(22-12-14-23(35)15-13-22)36-26(30-38-37-21(3)40(30)33)18-27(41)44-34(4,5)16-8-9-17-39-31(42)24-10-6-7-11-25(24)32(39)43/h6-15,26H,16-18H2,1-5H3/b9-8-/t26-/m0/s1. The van der Waals surface area contributed by atoms with Crippen LogP contribution in [-0.2, 0) is 9.53 Å². The zero-order valence-corrected chi connectivity index (χ0v) is 27.2. The Labute approximate surface area is 270 Å². The molecule has 4 aromatic rings. The van der Waals surface area contributed by atoms with Gasteiger partial charge in [0.05, 0.1) is 23.3 Å². The lowest BCUT2D eigenvalue weighted by Gasteiger charge is -2.24. The fourth-order valence-electron chi connectivity index (χ4n) is 5.63. The molecule has 0 saturated heterocycles. The van der Waals surface area contributed by atoms with E-state index in [2.05, 4.69) is 24.0 Å². The van der Waals surface area contributed by atoms with Gasteiger partial charge in [-0.15, -0.1) is 21.5 Å². The molecule has 0 radical (unpaired) electrons. The van der Waals surface area contributed by atoms with Gasteiger partial charge in [0.1, 0.15) is 22.5 Å². The van der Waals surface area contributed by atoms with Crippen molar-refractivity contribution in [2.75, 3.05) is 6.54 Å². The summed E-state index contributed by atoms with van der Waals surface area (Å²) < 4.78 is 7.94. The van der Waals surface area contributed by atoms with E-state index >= 15 is 0 Å². The summed E-state index contributed by atoms with van der Waals surface area (Å²) in [6.07, 6.45) is 3.92. The number of imide groups is 1. The van der Waals surface area contributed by atoms with Gasteiger partial charge in [-0.2, -0.15) is 0 Å². The summed E-state index contributed by atoms with van der Waals surface area (Å²) in [6.45, 7) is 9.84. The molecule has 11 heteroatoms. The fourth-order valence-corrected chi connectivity index (χ4v) is 6.97. The van der Waals surface area contributed by atoms with Crippen molar-refractivity contribution in [1.29, 1.82) is 0 Å². The molecule has 230 valence electrons. The van der Waals surface area contributed by atoms with Crippen LogP contribution in [0.25, 0.3) is 5.00 Å². The maximum atomic E-state index is 13.4. The van der Waals surface area contributed by atoms with Crippen LogP contribution >= 0.6 is 22.9 Å². The Kier molecular flexibility index (Phi) is 8.05. The molecule has 0 bridgehead atoms. The highest BCUT2D eigenvalue weighted by Gasteiger charge is 2.35. The molecule has 0 N–H and O–H groups in total. The van der Waals surface area contributed by atoms with E-state index in [1.807, 2.05) is 55.7 Å². The van der Waals surface area contributed by atoms with Gasteiger partial charge in [-0.1, -0.05) is 48.0 Å². The van der Waals surface area contributed by atoms with E-state index in [0.29, 0.717) is 34.2 Å². The Morgan fingerprint density at radius 2 is 1.67 bits per heavy atom. The van der Waals surface area contributed by atoms with Crippen molar-refractivity contribution in [3.05, 3.63) is 110 Å². The van der Waals surface area contributed by atoms with Crippen LogP contribution in [0.5, 0.6) is 0 Å². The molecule has 2 aliphatic rings. The van der Waals surface area contributed by atoms with E-state index in [1.54, 1.807) is 41.7 Å². The molecule has 9 nitrogen and oxygen atoms in total. The first-order valence-corrected chi connectivity index (χ1v) is 15.8. The Morgan fingerprint density at radius 3 is 2.33 bits per heavy atom. The van der Waals surface area contributed by atoms with E-state index in [9.17, 15) is 14.4 Å². The van der Waals surface area contributed by atoms with Gasteiger partial charge < -0.3 is 4.74 Å². The summed E-state index contributed by atoms with van der Waals surface area (Å²) in [7, 11) is 0. The van der Waals surface area contributed by atoms with Gasteiger partial charge in [0.2, 0.25) is 0 Å². The highest BCUT2D eigenvalue weighted by Crippen LogP contribution is 2.40. The van der Waals surface area contributed by atoms with Crippen LogP contribution in [0.4, 0.5) is 0 Å². The molecule has 0 saturated carbocycles. The Balaban J connectivity index is 1.20.